The Labute approximate surface area is 127 Å². The molecule has 0 saturated carbocycles. The summed E-state index contributed by atoms with van der Waals surface area (Å²) < 4.78 is 0. The summed E-state index contributed by atoms with van der Waals surface area (Å²) in [5.41, 5.74) is 6.19. The van der Waals surface area contributed by atoms with E-state index in [1.807, 2.05) is 44.2 Å². The molecule has 1 aliphatic heterocycles. The highest BCUT2D eigenvalue weighted by atomic mass is 16.2. The van der Waals surface area contributed by atoms with Gasteiger partial charge < -0.3 is 16.0 Å². The first-order chi connectivity index (χ1) is 10.0. The summed E-state index contributed by atoms with van der Waals surface area (Å²) in [5.74, 6) is 0.733. The lowest BCUT2D eigenvalue weighted by atomic mass is 9.89. The van der Waals surface area contributed by atoms with Gasteiger partial charge in [-0.1, -0.05) is 18.2 Å². The highest BCUT2D eigenvalue weighted by molar-refractivity contribution is 5.94. The number of rotatable bonds is 5. The largest absolute Gasteiger partial charge is 0.330 e. The van der Waals surface area contributed by atoms with E-state index in [2.05, 4.69) is 10.2 Å². The Morgan fingerprint density at radius 3 is 2.48 bits per heavy atom. The molecule has 1 heterocycles. The molecule has 0 aliphatic carbocycles. The van der Waals surface area contributed by atoms with Crippen LogP contribution in [0.5, 0.6) is 0 Å². The number of nitrogens with two attached hydrogens (primary N) is 1. The molecule has 1 fully saturated rings. The van der Waals surface area contributed by atoms with Crippen molar-refractivity contribution in [2.45, 2.75) is 26.7 Å². The molecule has 4 heteroatoms. The number of amides is 1. The number of carbonyl (C=O) groups excluding carboxylic acids is 1. The molecular formula is C17H27N3O. The number of anilines is 1. The van der Waals surface area contributed by atoms with Crippen molar-refractivity contribution in [2.75, 3.05) is 31.5 Å². The Hall–Kier alpha value is -1.39. The van der Waals surface area contributed by atoms with Gasteiger partial charge in [0.05, 0.1) is 5.41 Å². The monoisotopic (exact) mass is 289 g/mol. The lowest BCUT2D eigenvalue weighted by Gasteiger charge is -2.36. The van der Waals surface area contributed by atoms with Crippen molar-refractivity contribution < 1.29 is 4.79 Å². The minimum absolute atomic E-state index is 0.0784. The zero-order valence-electron chi connectivity index (χ0n) is 13.1. The van der Waals surface area contributed by atoms with Gasteiger partial charge in [-0.3, -0.25) is 4.79 Å². The third-order valence-electron chi connectivity index (χ3n) is 4.31. The van der Waals surface area contributed by atoms with E-state index in [-0.39, 0.29) is 5.91 Å². The summed E-state index contributed by atoms with van der Waals surface area (Å²) in [5, 5.41) is 3.01. The fraction of sp³-hybridized carbons (Fsp3) is 0.588. The van der Waals surface area contributed by atoms with E-state index < -0.39 is 5.41 Å². The maximum absolute atomic E-state index is 12.5. The molecule has 0 radical (unpaired) electrons. The van der Waals surface area contributed by atoms with Crippen molar-refractivity contribution in [1.29, 1.82) is 0 Å². The molecule has 116 valence electrons. The van der Waals surface area contributed by atoms with Crippen LogP contribution in [0.1, 0.15) is 26.7 Å². The molecule has 4 nitrogen and oxygen atoms in total. The van der Waals surface area contributed by atoms with Crippen LogP contribution in [0.2, 0.25) is 0 Å². The highest BCUT2D eigenvalue weighted by Gasteiger charge is 2.31. The first-order valence-corrected chi connectivity index (χ1v) is 7.80. The smallest absolute Gasteiger partial charge is 0.231 e. The summed E-state index contributed by atoms with van der Waals surface area (Å²) in [6.07, 6.45) is 2.29. The molecule has 21 heavy (non-hydrogen) atoms. The molecule has 1 aromatic rings. The first-order valence-electron chi connectivity index (χ1n) is 7.80. The summed E-state index contributed by atoms with van der Waals surface area (Å²) in [7, 11) is 0. The van der Waals surface area contributed by atoms with E-state index in [0.29, 0.717) is 5.92 Å². The van der Waals surface area contributed by atoms with Crippen molar-refractivity contribution in [3.05, 3.63) is 30.3 Å². The topological polar surface area (TPSA) is 58.4 Å². The van der Waals surface area contributed by atoms with Gasteiger partial charge in [-0.15, -0.1) is 0 Å². The number of piperidine rings is 1. The normalized spacial score (nSPS) is 17.7. The van der Waals surface area contributed by atoms with Crippen LogP contribution in [0.15, 0.2) is 30.3 Å². The molecule has 1 saturated heterocycles. The maximum atomic E-state index is 12.5. The van der Waals surface area contributed by atoms with Crippen LogP contribution in [-0.4, -0.2) is 37.0 Å². The molecular weight excluding hydrogens is 262 g/mol. The van der Waals surface area contributed by atoms with E-state index in [1.165, 1.54) is 0 Å². The Balaban J connectivity index is 1.87. The number of nitrogens with zero attached hydrogens (tertiary/aromatic N) is 1. The minimum atomic E-state index is -0.397. The van der Waals surface area contributed by atoms with Crippen molar-refractivity contribution in [2.24, 2.45) is 17.1 Å². The second-order valence-electron chi connectivity index (χ2n) is 6.66. The number of para-hydroxylation sites is 1. The second-order valence-corrected chi connectivity index (χ2v) is 6.66. The minimum Gasteiger partial charge on any atom is -0.330 e. The first kappa shape index (κ1) is 16.0. The van der Waals surface area contributed by atoms with Crippen LogP contribution in [0.4, 0.5) is 5.69 Å². The van der Waals surface area contributed by atoms with Gasteiger partial charge >= 0.3 is 0 Å². The molecule has 0 atom stereocenters. The van der Waals surface area contributed by atoms with Crippen molar-refractivity contribution >= 4 is 11.6 Å². The van der Waals surface area contributed by atoms with Crippen LogP contribution in [-0.2, 0) is 4.79 Å². The Bertz CT molecular complexity index is 450. The summed E-state index contributed by atoms with van der Waals surface area (Å²) >= 11 is 0. The van der Waals surface area contributed by atoms with Crippen LogP contribution in [0, 0.1) is 11.3 Å². The Morgan fingerprint density at radius 1 is 1.29 bits per heavy atom. The van der Waals surface area contributed by atoms with Crippen molar-refractivity contribution in [1.82, 2.24) is 4.90 Å². The summed E-state index contributed by atoms with van der Waals surface area (Å²) in [4.78, 5) is 14.9. The van der Waals surface area contributed by atoms with Gasteiger partial charge in [0.1, 0.15) is 0 Å². The zero-order chi connectivity index (χ0) is 15.3. The predicted octanol–water partition coefficient (Wildman–Crippen LogP) is 2.32. The number of carbonyl (C=O) groups is 1. The fourth-order valence-electron chi connectivity index (χ4n) is 2.83. The summed E-state index contributed by atoms with van der Waals surface area (Å²) in [6, 6.07) is 9.64. The molecule has 1 aromatic carbocycles. The number of nitrogens with one attached hydrogen (secondary N) is 1. The molecule has 3 N–H and O–H groups in total. The van der Waals surface area contributed by atoms with Crippen LogP contribution in [0.3, 0.4) is 0 Å². The van der Waals surface area contributed by atoms with Gasteiger partial charge in [0.15, 0.2) is 0 Å². The summed E-state index contributed by atoms with van der Waals surface area (Å²) in [6.45, 7) is 7.70. The van der Waals surface area contributed by atoms with Crippen molar-refractivity contribution in [3.8, 4) is 0 Å². The van der Waals surface area contributed by atoms with Crippen LogP contribution < -0.4 is 11.1 Å². The highest BCUT2D eigenvalue weighted by Crippen LogP contribution is 2.24. The molecule has 0 spiro atoms. The van der Waals surface area contributed by atoms with Crippen LogP contribution in [0.25, 0.3) is 0 Å². The fourth-order valence-corrected chi connectivity index (χ4v) is 2.83. The second kappa shape index (κ2) is 7.05. The van der Waals surface area contributed by atoms with Gasteiger partial charge in [0, 0.05) is 12.2 Å². The molecule has 0 bridgehead atoms. The molecule has 0 unspecified atom stereocenters. The number of hydrogen-bond donors (Lipinski definition) is 2. The van der Waals surface area contributed by atoms with E-state index in [9.17, 15) is 4.79 Å². The number of benzene rings is 1. The maximum Gasteiger partial charge on any atom is 0.231 e. The molecule has 1 aliphatic rings. The molecule has 1 amide bonds. The molecule has 0 aromatic heterocycles. The van der Waals surface area contributed by atoms with Gasteiger partial charge in [-0.25, -0.2) is 0 Å². The molecule has 2 rings (SSSR count). The van der Waals surface area contributed by atoms with E-state index in [1.54, 1.807) is 0 Å². The average molecular weight is 289 g/mol. The Morgan fingerprint density at radius 2 is 1.90 bits per heavy atom. The van der Waals surface area contributed by atoms with Crippen LogP contribution >= 0.6 is 0 Å². The number of hydrogen-bond acceptors (Lipinski definition) is 3. The lowest BCUT2D eigenvalue weighted by molar-refractivity contribution is -0.125. The quantitative estimate of drug-likeness (QED) is 0.874. The third kappa shape index (κ3) is 4.55. The number of likely N-dealkylation sites (tertiary alicyclic amines) is 1. The van der Waals surface area contributed by atoms with E-state index in [4.69, 9.17) is 5.73 Å². The average Bonchev–Trinajstić information content (AvgIpc) is 2.48. The Kier molecular flexibility index (Phi) is 5.37. The third-order valence-corrected chi connectivity index (χ3v) is 4.31. The van der Waals surface area contributed by atoms with E-state index >= 15 is 0 Å². The SMILES string of the molecule is CC(C)(CN1CCC(CN)CC1)C(=O)Nc1ccccc1. The van der Waals surface area contributed by atoms with Gasteiger partial charge in [0.25, 0.3) is 0 Å². The van der Waals surface area contributed by atoms with E-state index in [0.717, 1.165) is 44.7 Å². The van der Waals surface area contributed by atoms with Gasteiger partial charge in [-0.2, -0.15) is 0 Å². The van der Waals surface area contributed by atoms with Crippen molar-refractivity contribution in [3.63, 3.8) is 0 Å². The van der Waals surface area contributed by atoms with Gasteiger partial charge in [0.2, 0.25) is 5.91 Å². The van der Waals surface area contributed by atoms with Gasteiger partial charge in [-0.05, 0) is 64.4 Å². The lowest BCUT2D eigenvalue weighted by Crippen LogP contribution is -2.45. The standard InChI is InChI=1S/C17H27N3O/c1-17(2,13-20-10-8-14(12-18)9-11-20)16(21)19-15-6-4-3-5-7-15/h3-7,14H,8-13,18H2,1-2H3,(H,19,21). The predicted molar refractivity (Wildman–Crippen MR) is 87.1 cm³/mol. The zero-order valence-corrected chi connectivity index (χ0v) is 13.1.